The molecule has 0 saturated carbocycles. The first-order chi connectivity index (χ1) is 5.11. The fraction of sp³-hybridized carbons (Fsp3) is 0.143. The fourth-order valence-corrected chi connectivity index (χ4v) is 0.946. The summed E-state index contributed by atoms with van der Waals surface area (Å²) in [5, 5.41) is 18.1. The van der Waals surface area contributed by atoms with Crippen molar-refractivity contribution in [2.45, 2.75) is 6.92 Å². The van der Waals surface area contributed by atoms with Crippen LogP contribution in [0.25, 0.3) is 0 Å². The van der Waals surface area contributed by atoms with Crippen LogP contribution in [-0.2, 0) is 0 Å². The molecule has 0 aromatic heterocycles. The van der Waals surface area contributed by atoms with Crippen LogP contribution in [0.3, 0.4) is 0 Å². The van der Waals surface area contributed by atoms with Gasteiger partial charge in [-0.05, 0) is 24.0 Å². The topological polar surface area (TPSA) is 40.5 Å². The number of halogens is 1. The summed E-state index contributed by atoms with van der Waals surface area (Å²) in [6, 6.07) is 4.87. The van der Waals surface area contributed by atoms with E-state index in [1.807, 2.05) is 6.92 Å². The Morgan fingerprint density at radius 3 is 2.45 bits per heavy atom. The fourth-order valence-electron chi connectivity index (χ4n) is 0.828. The second-order valence-corrected chi connectivity index (χ2v) is 2.79. The summed E-state index contributed by atoms with van der Waals surface area (Å²) in [7, 11) is -1.41. The zero-order valence-corrected chi connectivity index (χ0v) is 6.84. The molecular weight excluding hydrogens is 162 g/mol. The molecule has 11 heavy (non-hydrogen) atoms. The van der Waals surface area contributed by atoms with Crippen LogP contribution in [-0.4, -0.2) is 17.2 Å². The van der Waals surface area contributed by atoms with E-state index in [0.29, 0.717) is 10.5 Å². The molecule has 0 aliphatic rings. The lowest BCUT2D eigenvalue weighted by Crippen LogP contribution is -2.29. The largest absolute Gasteiger partial charge is 0.488 e. The standard InChI is InChI=1S/C7H8BClO2/c1-5-4-6(8(10)11)2-3-7(5)9/h2-4,10-11H,1H3. The third kappa shape index (κ3) is 1.96. The summed E-state index contributed by atoms with van der Waals surface area (Å²) in [6.07, 6.45) is 0. The van der Waals surface area contributed by atoms with Gasteiger partial charge >= 0.3 is 7.12 Å². The molecule has 0 bridgehead atoms. The van der Waals surface area contributed by atoms with Gasteiger partial charge in [0.05, 0.1) is 0 Å². The van der Waals surface area contributed by atoms with Crippen LogP contribution in [0.1, 0.15) is 5.56 Å². The number of hydrogen-bond acceptors (Lipinski definition) is 2. The number of aryl methyl sites for hydroxylation is 1. The maximum Gasteiger partial charge on any atom is 0.488 e. The second kappa shape index (κ2) is 3.26. The molecule has 4 heteroatoms. The van der Waals surface area contributed by atoms with E-state index in [1.54, 1.807) is 18.2 Å². The predicted molar refractivity (Wildman–Crippen MR) is 46.0 cm³/mol. The van der Waals surface area contributed by atoms with Gasteiger partial charge in [-0.2, -0.15) is 0 Å². The maximum atomic E-state index is 8.75. The lowest BCUT2D eigenvalue weighted by molar-refractivity contribution is 0.426. The summed E-state index contributed by atoms with van der Waals surface area (Å²) in [5.41, 5.74) is 1.31. The van der Waals surface area contributed by atoms with Crippen LogP contribution in [0.5, 0.6) is 0 Å². The number of hydrogen-bond donors (Lipinski definition) is 2. The van der Waals surface area contributed by atoms with E-state index in [9.17, 15) is 0 Å². The molecular formula is C7H8BClO2. The Morgan fingerprint density at radius 2 is 2.00 bits per heavy atom. The highest BCUT2D eigenvalue weighted by Crippen LogP contribution is 2.11. The van der Waals surface area contributed by atoms with Crippen LogP contribution < -0.4 is 5.46 Å². The first-order valence-electron chi connectivity index (χ1n) is 3.23. The van der Waals surface area contributed by atoms with Gasteiger partial charge in [0.15, 0.2) is 0 Å². The first kappa shape index (κ1) is 8.59. The molecule has 0 fully saturated rings. The van der Waals surface area contributed by atoms with Crippen LogP contribution in [0.2, 0.25) is 5.02 Å². The molecule has 58 valence electrons. The van der Waals surface area contributed by atoms with E-state index in [1.165, 1.54) is 0 Å². The van der Waals surface area contributed by atoms with Gasteiger partial charge in [-0.3, -0.25) is 0 Å². The Hall–Kier alpha value is -0.505. The quantitative estimate of drug-likeness (QED) is 0.596. The molecule has 1 aromatic rings. The van der Waals surface area contributed by atoms with Crippen molar-refractivity contribution >= 4 is 24.2 Å². The van der Waals surface area contributed by atoms with E-state index in [0.717, 1.165) is 5.56 Å². The van der Waals surface area contributed by atoms with Gasteiger partial charge in [0.2, 0.25) is 0 Å². The van der Waals surface area contributed by atoms with Crippen molar-refractivity contribution < 1.29 is 10.0 Å². The zero-order valence-electron chi connectivity index (χ0n) is 6.08. The summed E-state index contributed by atoms with van der Waals surface area (Å²) in [4.78, 5) is 0. The normalized spacial score (nSPS) is 9.82. The minimum absolute atomic E-state index is 0.465. The molecule has 0 aliphatic carbocycles. The van der Waals surface area contributed by atoms with Crippen molar-refractivity contribution in [2.75, 3.05) is 0 Å². The lowest BCUT2D eigenvalue weighted by Gasteiger charge is -2.01. The van der Waals surface area contributed by atoms with Crippen molar-refractivity contribution in [1.82, 2.24) is 0 Å². The molecule has 0 atom stereocenters. The Labute approximate surface area is 70.6 Å². The van der Waals surface area contributed by atoms with Gasteiger partial charge in [-0.15, -0.1) is 0 Å². The van der Waals surface area contributed by atoms with Gasteiger partial charge in [-0.1, -0.05) is 23.7 Å². The number of benzene rings is 1. The minimum Gasteiger partial charge on any atom is -0.423 e. The van der Waals surface area contributed by atoms with Gasteiger partial charge in [0.1, 0.15) is 0 Å². The van der Waals surface area contributed by atoms with Crippen molar-refractivity contribution in [1.29, 1.82) is 0 Å². The molecule has 1 aromatic carbocycles. The molecule has 0 spiro atoms. The van der Waals surface area contributed by atoms with Gasteiger partial charge in [-0.25, -0.2) is 0 Å². The van der Waals surface area contributed by atoms with E-state index < -0.39 is 7.12 Å². The molecule has 2 nitrogen and oxygen atoms in total. The van der Waals surface area contributed by atoms with Crippen LogP contribution in [0.15, 0.2) is 18.2 Å². The summed E-state index contributed by atoms with van der Waals surface area (Å²) < 4.78 is 0. The van der Waals surface area contributed by atoms with E-state index in [2.05, 4.69) is 0 Å². The first-order valence-corrected chi connectivity index (χ1v) is 3.61. The molecule has 0 unspecified atom stereocenters. The third-order valence-electron chi connectivity index (χ3n) is 1.48. The van der Waals surface area contributed by atoms with Crippen molar-refractivity contribution in [3.05, 3.63) is 28.8 Å². The highest BCUT2D eigenvalue weighted by molar-refractivity contribution is 6.58. The summed E-state index contributed by atoms with van der Waals surface area (Å²) in [5.74, 6) is 0. The molecule has 0 heterocycles. The van der Waals surface area contributed by atoms with Crippen LogP contribution in [0.4, 0.5) is 0 Å². The SMILES string of the molecule is Cc1cc(B(O)O)ccc1Cl. The molecule has 1 rings (SSSR count). The summed E-state index contributed by atoms with van der Waals surface area (Å²) >= 11 is 5.72. The second-order valence-electron chi connectivity index (χ2n) is 2.38. The van der Waals surface area contributed by atoms with Crippen molar-refractivity contribution in [2.24, 2.45) is 0 Å². The zero-order chi connectivity index (χ0) is 8.43. The highest BCUT2D eigenvalue weighted by Gasteiger charge is 2.10. The van der Waals surface area contributed by atoms with Crippen LogP contribution >= 0.6 is 11.6 Å². The smallest absolute Gasteiger partial charge is 0.423 e. The molecule has 0 aliphatic heterocycles. The van der Waals surface area contributed by atoms with Crippen molar-refractivity contribution in [3.63, 3.8) is 0 Å². The Bertz CT molecular complexity index is 263. The molecule has 0 radical (unpaired) electrons. The van der Waals surface area contributed by atoms with Gasteiger partial charge < -0.3 is 10.0 Å². The molecule has 2 N–H and O–H groups in total. The van der Waals surface area contributed by atoms with E-state index in [-0.39, 0.29) is 0 Å². The van der Waals surface area contributed by atoms with Crippen molar-refractivity contribution in [3.8, 4) is 0 Å². The highest BCUT2D eigenvalue weighted by atomic mass is 35.5. The Balaban J connectivity index is 3.05. The van der Waals surface area contributed by atoms with E-state index in [4.69, 9.17) is 21.6 Å². The lowest BCUT2D eigenvalue weighted by atomic mass is 9.80. The van der Waals surface area contributed by atoms with Gasteiger partial charge in [0, 0.05) is 5.02 Å². The van der Waals surface area contributed by atoms with Crippen LogP contribution in [0, 0.1) is 6.92 Å². The Kier molecular flexibility index (Phi) is 2.55. The predicted octanol–water partition coefficient (Wildman–Crippen LogP) is 0.328. The average molecular weight is 170 g/mol. The van der Waals surface area contributed by atoms with Gasteiger partial charge in [0.25, 0.3) is 0 Å². The average Bonchev–Trinajstić information content (AvgIpc) is 1.94. The Morgan fingerprint density at radius 1 is 1.36 bits per heavy atom. The third-order valence-corrected chi connectivity index (χ3v) is 1.90. The maximum absolute atomic E-state index is 8.75. The molecule has 0 saturated heterocycles. The minimum atomic E-state index is -1.41. The monoisotopic (exact) mass is 170 g/mol. The number of rotatable bonds is 1. The summed E-state index contributed by atoms with van der Waals surface area (Å²) in [6.45, 7) is 1.81. The van der Waals surface area contributed by atoms with E-state index >= 15 is 0 Å². The molecule has 0 amide bonds.